The maximum absolute atomic E-state index is 15.5. The van der Waals surface area contributed by atoms with Crippen LogP contribution in [0.25, 0.3) is 88.4 Å². The zero-order valence-electron chi connectivity index (χ0n) is 34.4. The van der Waals surface area contributed by atoms with Crippen molar-refractivity contribution in [2.75, 3.05) is 0 Å². The minimum atomic E-state index is -4.83. The first-order valence-corrected chi connectivity index (χ1v) is 20.4. The van der Waals surface area contributed by atoms with Crippen LogP contribution in [-0.2, 0) is 6.18 Å². The number of aryl methyl sites for hydroxylation is 4. The highest BCUT2D eigenvalue weighted by molar-refractivity contribution is 6.13. The van der Waals surface area contributed by atoms with Gasteiger partial charge in [-0.25, -0.2) is 0 Å². The summed E-state index contributed by atoms with van der Waals surface area (Å²) in [5.41, 5.74) is 12.1. The Balaban J connectivity index is 1.35. The molecule has 0 atom stereocenters. The average Bonchev–Trinajstić information content (AvgIpc) is 3.77. The van der Waals surface area contributed by atoms with Crippen molar-refractivity contribution >= 4 is 43.6 Å². The van der Waals surface area contributed by atoms with Crippen molar-refractivity contribution in [2.45, 2.75) is 33.9 Å². The Labute approximate surface area is 356 Å². The lowest BCUT2D eigenvalue weighted by Gasteiger charge is -2.23. The maximum Gasteiger partial charge on any atom is 0.417 e. The molecule has 0 aliphatic carbocycles. The number of alkyl halides is 3. The number of hydrogen-bond acceptors (Lipinski definition) is 2. The number of fused-ring (bicyclic) bond motifs is 6. The van der Waals surface area contributed by atoms with E-state index in [2.05, 4.69) is 82.3 Å². The molecule has 2 heterocycles. The monoisotopic (exact) mass is 810 g/mol. The summed E-state index contributed by atoms with van der Waals surface area (Å²) in [7, 11) is 0. The minimum absolute atomic E-state index is 0.107. The predicted octanol–water partition coefficient (Wildman–Crippen LogP) is 14.9. The number of para-hydroxylation sites is 2. The van der Waals surface area contributed by atoms with Gasteiger partial charge in [0.1, 0.15) is 0 Å². The van der Waals surface area contributed by atoms with Crippen LogP contribution in [0.15, 0.2) is 152 Å². The van der Waals surface area contributed by atoms with Crippen LogP contribution < -0.4 is 0 Å². The van der Waals surface area contributed by atoms with Crippen molar-refractivity contribution in [2.24, 2.45) is 0 Å². The summed E-state index contributed by atoms with van der Waals surface area (Å²) in [6.45, 7) is 8.31. The minimum Gasteiger partial charge on any atom is -0.308 e. The van der Waals surface area contributed by atoms with Gasteiger partial charge in [0.15, 0.2) is 0 Å². The molecule has 0 saturated heterocycles. The molecule has 0 spiro atoms. The fourth-order valence-corrected chi connectivity index (χ4v) is 9.45. The maximum atomic E-state index is 15.5. The lowest BCUT2D eigenvalue weighted by atomic mass is 9.92. The van der Waals surface area contributed by atoms with Gasteiger partial charge in [-0.3, -0.25) is 0 Å². The van der Waals surface area contributed by atoms with E-state index in [1.807, 2.05) is 88.0 Å². The number of rotatable bonds is 5. The Kier molecular flexibility index (Phi) is 8.91. The zero-order valence-corrected chi connectivity index (χ0v) is 34.4. The standard InChI is InChI=1S/C55H37F3N4/c1-32-13-18-40(34(3)23-32)38-16-21-50-45(28-38)42-9-5-7-11-48(42)61(50)52-26-37(31-60)27-53(54(52)44-20-15-36(30-59)25-47(44)55(56,57)58)62-49-12-8-6-10-43(49)46-29-39(17-22-51(46)62)41-19-14-33(2)24-35(41)4/h5-29H,1-4H3. The molecule has 0 radical (unpaired) electrons. The fraction of sp³-hybridized carbons (Fsp3) is 0.0909. The first-order valence-electron chi connectivity index (χ1n) is 20.4. The summed E-state index contributed by atoms with van der Waals surface area (Å²) >= 11 is 0. The van der Waals surface area contributed by atoms with Gasteiger partial charge in [-0.1, -0.05) is 102 Å². The van der Waals surface area contributed by atoms with Crippen molar-refractivity contribution < 1.29 is 13.2 Å². The van der Waals surface area contributed by atoms with Gasteiger partial charge in [-0.2, -0.15) is 23.7 Å². The van der Waals surface area contributed by atoms with Crippen molar-refractivity contribution in [3.05, 3.63) is 191 Å². The van der Waals surface area contributed by atoms with Gasteiger partial charge in [0.05, 0.1) is 62.3 Å². The number of nitriles is 2. The Hall–Kier alpha value is -7.87. The fourth-order valence-electron chi connectivity index (χ4n) is 9.45. The first kappa shape index (κ1) is 38.3. The van der Waals surface area contributed by atoms with Crippen molar-refractivity contribution in [3.63, 3.8) is 0 Å². The van der Waals surface area contributed by atoms with E-state index in [-0.39, 0.29) is 22.3 Å². The average molecular weight is 811 g/mol. The van der Waals surface area contributed by atoms with Gasteiger partial charge in [-0.05, 0) is 127 Å². The smallest absolute Gasteiger partial charge is 0.308 e. The van der Waals surface area contributed by atoms with Gasteiger partial charge in [-0.15, -0.1) is 0 Å². The highest BCUT2D eigenvalue weighted by Crippen LogP contribution is 2.47. The predicted molar refractivity (Wildman–Crippen MR) is 245 cm³/mol. The molecule has 0 bridgehead atoms. The summed E-state index contributed by atoms with van der Waals surface area (Å²) in [6, 6.07) is 52.3. The number of aromatic nitrogens is 2. The normalized spacial score (nSPS) is 11.8. The van der Waals surface area contributed by atoms with Gasteiger partial charge in [0.2, 0.25) is 0 Å². The van der Waals surface area contributed by atoms with Crippen molar-refractivity contribution in [3.8, 4) is 56.9 Å². The molecule has 10 aromatic rings. The van der Waals surface area contributed by atoms with Gasteiger partial charge in [0.25, 0.3) is 0 Å². The second-order valence-corrected chi connectivity index (χ2v) is 16.2. The van der Waals surface area contributed by atoms with Crippen LogP contribution in [0.3, 0.4) is 0 Å². The third-order valence-corrected chi connectivity index (χ3v) is 12.2. The topological polar surface area (TPSA) is 57.4 Å². The van der Waals surface area contributed by atoms with E-state index in [9.17, 15) is 10.5 Å². The van der Waals surface area contributed by atoms with E-state index in [4.69, 9.17) is 0 Å². The summed E-state index contributed by atoms with van der Waals surface area (Å²) in [6.07, 6.45) is -4.83. The SMILES string of the molecule is Cc1ccc(-c2ccc3c(c2)c2ccccc2n3-c2cc(C#N)cc(-n3c4ccccc4c4cc(-c5ccc(C)cc5C)ccc43)c2-c2ccc(C#N)cc2C(F)(F)F)c(C)c1. The molecule has 62 heavy (non-hydrogen) atoms. The summed E-state index contributed by atoms with van der Waals surface area (Å²) in [4.78, 5) is 0. The summed E-state index contributed by atoms with van der Waals surface area (Å²) in [5.74, 6) is 0. The highest BCUT2D eigenvalue weighted by atomic mass is 19.4. The molecular formula is C55H37F3N4. The lowest BCUT2D eigenvalue weighted by molar-refractivity contribution is -0.137. The Bertz CT molecular complexity index is 3400. The highest BCUT2D eigenvalue weighted by Gasteiger charge is 2.36. The molecule has 7 heteroatoms. The van der Waals surface area contributed by atoms with E-state index >= 15 is 13.2 Å². The van der Waals surface area contributed by atoms with E-state index in [1.165, 1.54) is 12.1 Å². The number of halogens is 3. The lowest BCUT2D eigenvalue weighted by Crippen LogP contribution is -2.11. The molecule has 0 saturated carbocycles. The summed E-state index contributed by atoms with van der Waals surface area (Å²) < 4.78 is 50.5. The zero-order chi connectivity index (χ0) is 43.0. The van der Waals surface area contributed by atoms with Crippen LogP contribution in [0.1, 0.15) is 38.9 Å². The van der Waals surface area contributed by atoms with E-state index in [0.717, 1.165) is 94.2 Å². The molecule has 0 aliphatic heterocycles. The molecule has 4 nitrogen and oxygen atoms in total. The van der Waals surface area contributed by atoms with Crippen LogP contribution in [0, 0.1) is 50.4 Å². The molecule has 0 fully saturated rings. The van der Waals surface area contributed by atoms with Crippen molar-refractivity contribution in [1.29, 1.82) is 10.5 Å². The van der Waals surface area contributed by atoms with Gasteiger partial charge >= 0.3 is 6.18 Å². The Morgan fingerprint density at radius 1 is 0.435 bits per heavy atom. The first-order chi connectivity index (χ1) is 29.9. The van der Waals surface area contributed by atoms with E-state index < -0.39 is 11.7 Å². The van der Waals surface area contributed by atoms with Crippen LogP contribution in [0.4, 0.5) is 13.2 Å². The van der Waals surface area contributed by atoms with Crippen LogP contribution in [-0.4, -0.2) is 9.13 Å². The van der Waals surface area contributed by atoms with Crippen molar-refractivity contribution in [1.82, 2.24) is 9.13 Å². The van der Waals surface area contributed by atoms with E-state index in [1.54, 1.807) is 12.1 Å². The molecule has 10 rings (SSSR count). The van der Waals surface area contributed by atoms with Crippen LogP contribution >= 0.6 is 0 Å². The molecule has 0 N–H and O–H groups in total. The number of hydrogen-bond donors (Lipinski definition) is 0. The Morgan fingerprint density at radius 3 is 1.34 bits per heavy atom. The third-order valence-electron chi connectivity index (χ3n) is 12.2. The van der Waals surface area contributed by atoms with Gasteiger partial charge in [0, 0.05) is 27.1 Å². The second kappa shape index (κ2) is 14.4. The third kappa shape index (κ3) is 6.13. The van der Waals surface area contributed by atoms with Gasteiger partial charge < -0.3 is 9.13 Å². The summed E-state index contributed by atoms with van der Waals surface area (Å²) in [5, 5.41) is 24.3. The molecule has 0 amide bonds. The number of nitrogens with zero attached hydrogens (tertiary/aromatic N) is 4. The molecule has 0 unspecified atom stereocenters. The molecule has 8 aromatic carbocycles. The molecular weight excluding hydrogens is 774 g/mol. The molecule has 298 valence electrons. The van der Waals surface area contributed by atoms with Crippen LogP contribution in [0.5, 0.6) is 0 Å². The van der Waals surface area contributed by atoms with E-state index in [0.29, 0.717) is 11.4 Å². The largest absolute Gasteiger partial charge is 0.417 e. The quantitative estimate of drug-likeness (QED) is 0.174. The van der Waals surface area contributed by atoms with Crippen LogP contribution in [0.2, 0.25) is 0 Å². The number of benzene rings is 8. The molecule has 0 aliphatic rings. The Morgan fingerprint density at radius 2 is 0.887 bits per heavy atom. The second-order valence-electron chi connectivity index (χ2n) is 16.2. The molecule has 2 aromatic heterocycles.